The van der Waals surface area contributed by atoms with Crippen molar-refractivity contribution in [3.05, 3.63) is 33.7 Å². The molecule has 7 nitrogen and oxygen atoms in total. The lowest BCUT2D eigenvalue weighted by molar-refractivity contribution is -0.306. The van der Waals surface area contributed by atoms with Gasteiger partial charge in [0, 0.05) is 0 Å². The average Bonchev–Trinajstić information content (AvgIpc) is 2.63. The smallest absolute Gasteiger partial charge is 0.330 e. The first-order valence-electron chi connectivity index (χ1n) is 6.32. The van der Waals surface area contributed by atoms with Crippen molar-refractivity contribution in [3.63, 3.8) is 0 Å². The summed E-state index contributed by atoms with van der Waals surface area (Å²) in [4.78, 5) is 34.7. The first-order valence-corrected chi connectivity index (χ1v) is 6.32. The van der Waals surface area contributed by atoms with Gasteiger partial charge in [-0.05, 0) is 31.0 Å². The molecule has 0 unspecified atom stereocenters. The van der Waals surface area contributed by atoms with Gasteiger partial charge in [-0.3, -0.25) is 13.9 Å². The van der Waals surface area contributed by atoms with Crippen LogP contribution in [0.4, 0.5) is 0 Å². The van der Waals surface area contributed by atoms with Crippen LogP contribution in [0.2, 0.25) is 0 Å². The maximum absolute atomic E-state index is 12.4. The van der Waals surface area contributed by atoms with Crippen molar-refractivity contribution >= 4 is 23.0 Å². The van der Waals surface area contributed by atoms with Crippen LogP contribution in [0.5, 0.6) is 0 Å². The highest BCUT2D eigenvalue weighted by Gasteiger charge is 2.17. The predicted octanol–water partition coefficient (Wildman–Crippen LogP) is -0.657. The molecule has 0 fully saturated rings. The molecule has 0 bridgehead atoms. The monoisotopic (exact) mass is 291 g/mol. The Bertz CT molecular complexity index is 785. The van der Waals surface area contributed by atoms with E-state index in [9.17, 15) is 19.5 Å². The second-order valence-electron chi connectivity index (χ2n) is 4.85. The molecule has 1 aromatic heterocycles. The number of fused-ring (bicyclic) bond motifs is 1. The second-order valence-corrected chi connectivity index (χ2v) is 4.85. The number of benzene rings is 1. The quantitative estimate of drug-likeness (QED) is 0.697. The van der Waals surface area contributed by atoms with Crippen molar-refractivity contribution in [2.45, 2.75) is 26.9 Å². The summed E-state index contributed by atoms with van der Waals surface area (Å²) in [6, 6.07) is 3.57. The Kier molecular flexibility index (Phi) is 3.84. The Hall–Kier alpha value is -2.57. The molecular formula is C14H15N2O5-. The first kappa shape index (κ1) is 14.8. The molecule has 112 valence electrons. The highest BCUT2D eigenvalue weighted by atomic mass is 16.5. The summed E-state index contributed by atoms with van der Waals surface area (Å²) in [5, 5.41) is 10.9. The summed E-state index contributed by atoms with van der Waals surface area (Å²) in [5.41, 5.74) is 2.08. The number of aromatic nitrogens is 2. The Morgan fingerprint density at radius 3 is 2.43 bits per heavy atom. The van der Waals surface area contributed by atoms with E-state index in [0.29, 0.717) is 11.0 Å². The number of imidazole rings is 1. The zero-order valence-electron chi connectivity index (χ0n) is 12.0. The van der Waals surface area contributed by atoms with Crippen LogP contribution in [0, 0.1) is 13.8 Å². The molecule has 0 radical (unpaired) electrons. The molecule has 1 aromatic carbocycles. The summed E-state index contributed by atoms with van der Waals surface area (Å²) in [6.45, 7) is 2.81. The normalized spacial score (nSPS) is 10.8. The number of carbonyl (C=O) groups excluding carboxylic acids is 2. The topological polar surface area (TPSA) is 93.4 Å². The Labute approximate surface area is 120 Å². The van der Waals surface area contributed by atoms with Gasteiger partial charge in [0.25, 0.3) is 0 Å². The molecule has 21 heavy (non-hydrogen) atoms. The van der Waals surface area contributed by atoms with Crippen molar-refractivity contribution in [2.24, 2.45) is 0 Å². The number of esters is 1. The van der Waals surface area contributed by atoms with E-state index in [1.54, 1.807) is 13.0 Å². The highest BCUT2D eigenvalue weighted by molar-refractivity contribution is 5.83. The molecule has 0 atom stereocenters. The Morgan fingerprint density at radius 1 is 1.19 bits per heavy atom. The van der Waals surface area contributed by atoms with Crippen LogP contribution < -0.4 is 10.8 Å². The number of aliphatic carboxylic acids is 1. The minimum absolute atomic E-state index is 0.268. The van der Waals surface area contributed by atoms with Crippen LogP contribution in [0.25, 0.3) is 11.0 Å². The molecule has 0 aliphatic heterocycles. The van der Waals surface area contributed by atoms with Gasteiger partial charge in [0.15, 0.2) is 0 Å². The predicted molar refractivity (Wildman–Crippen MR) is 72.7 cm³/mol. The van der Waals surface area contributed by atoms with Crippen molar-refractivity contribution in [1.29, 1.82) is 0 Å². The number of ether oxygens (including phenoxy) is 1. The second kappa shape index (κ2) is 5.43. The van der Waals surface area contributed by atoms with Gasteiger partial charge in [0.1, 0.15) is 6.54 Å². The Balaban J connectivity index is 2.78. The Morgan fingerprint density at radius 2 is 1.86 bits per heavy atom. The summed E-state index contributed by atoms with van der Waals surface area (Å²) in [7, 11) is 1.23. The third-order valence-corrected chi connectivity index (χ3v) is 3.25. The summed E-state index contributed by atoms with van der Waals surface area (Å²) >= 11 is 0. The van der Waals surface area contributed by atoms with E-state index in [1.165, 1.54) is 11.7 Å². The maximum Gasteiger partial charge on any atom is 0.330 e. The molecule has 0 aliphatic carbocycles. The lowest BCUT2D eigenvalue weighted by atomic mass is 10.1. The van der Waals surface area contributed by atoms with Gasteiger partial charge >= 0.3 is 11.7 Å². The van der Waals surface area contributed by atoms with Gasteiger partial charge in [-0.2, -0.15) is 0 Å². The molecule has 0 aliphatic rings. The SMILES string of the molecule is COC(=O)Cn1c(=O)n(CC(=O)[O-])c2cc(C)cc(C)c21. The fourth-order valence-corrected chi connectivity index (χ4v) is 2.46. The van der Waals surface area contributed by atoms with E-state index in [2.05, 4.69) is 4.74 Å². The van der Waals surface area contributed by atoms with Crippen LogP contribution in [-0.4, -0.2) is 28.2 Å². The van der Waals surface area contributed by atoms with E-state index >= 15 is 0 Å². The standard InChI is InChI=1S/C14H16N2O5/c1-8-4-9(2)13-10(5-8)15(6-11(17)18)14(20)16(13)7-12(19)21-3/h4-5H,6-7H2,1-3H3,(H,17,18)/p-1. The number of methoxy groups -OCH3 is 1. The third kappa shape index (κ3) is 2.67. The van der Waals surface area contributed by atoms with Gasteiger partial charge in [-0.15, -0.1) is 0 Å². The molecule has 0 saturated heterocycles. The summed E-state index contributed by atoms with van der Waals surface area (Å²) in [6.07, 6.45) is 0. The van der Waals surface area contributed by atoms with Crippen LogP contribution >= 0.6 is 0 Å². The van der Waals surface area contributed by atoms with Crippen LogP contribution in [-0.2, 0) is 27.4 Å². The van der Waals surface area contributed by atoms with Gasteiger partial charge in [-0.1, -0.05) is 6.07 Å². The number of hydrogen-bond donors (Lipinski definition) is 0. The summed E-state index contributed by atoms with van der Waals surface area (Å²) < 4.78 is 6.89. The third-order valence-electron chi connectivity index (χ3n) is 3.25. The fourth-order valence-electron chi connectivity index (χ4n) is 2.46. The van der Waals surface area contributed by atoms with Crippen molar-refractivity contribution in [1.82, 2.24) is 9.13 Å². The largest absolute Gasteiger partial charge is 0.548 e. The number of hydrogen-bond acceptors (Lipinski definition) is 5. The molecule has 7 heteroatoms. The maximum atomic E-state index is 12.4. The zero-order valence-corrected chi connectivity index (χ0v) is 12.0. The minimum Gasteiger partial charge on any atom is -0.548 e. The average molecular weight is 291 g/mol. The number of carboxylic acids is 1. The zero-order chi connectivity index (χ0) is 15.7. The van der Waals surface area contributed by atoms with E-state index in [1.807, 2.05) is 13.0 Å². The van der Waals surface area contributed by atoms with Gasteiger partial charge in [0.2, 0.25) is 0 Å². The number of carboxylic acid groups (broad SMARTS) is 1. The molecule has 0 amide bonds. The van der Waals surface area contributed by atoms with Gasteiger partial charge in [-0.25, -0.2) is 4.79 Å². The van der Waals surface area contributed by atoms with Crippen molar-refractivity contribution < 1.29 is 19.4 Å². The van der Waals surface area contributed by atoms with E-state index < -0.39 is 24.2 Å². The van der Waals surface area contributed by atoms with Crippen LogP contribution in [0.3, 0.4) is 0 Å². The van der Waals surface area contributed by atoms with Gasteiger partial charge < -0.3 is 14.6 Å². The lowest BCUT2D eigenvalue weighted by Gasteiger charge is -2.06. The lowest BCUT2D eigenvalue weighted by Crippen LogP contribution is -2.34. The van der Waals surface area contributed by atoms with Crippen LogP contribution in [0.1, 0.15) is 11.1 Å². The minimum atomic E-state index is -1.37. The van der Waals surface area contributed by atoms with E-state index in [0.717, 1.165) is 15.7 Å². The van der Waals surface area contributed by atoms with E-state index in [-0.39, 0.29) is 6.54 Å². The highest BCUT2D eigenvalue weighted by Crippen LogP contribution is 2.20. The number of aryl methyl sites for hydroxylation is 2. The van der Waals surface area contributed by atoms with Crippen molar-refractivity contribution in [2.75, 3.05) is 7.11 Å². The molecule has 0 spiro atoms. The summed E-state index contributed by atoms with van der Waals surface area (Å²) in [5.74, 6) is -1.95. The first-order chi connectivity index (χ1) is 9.85. The molecule has 0 N–H and O–H groups in total. The molecule has 2 aromatic rings. The van der Waals surface area contributed by atoms with Crippen LogP contribution in [0.15, 0.2) is 16.9 Å². The molecule has 1 heterocycles. The number of carbonyl (C=O) groups is 2. The fraction of sp³-hybridized carbons (Fsp3) is 0.357. The number of nitrogens with zero attached hydrogens (tertiary/aromatic N) is 2. The van der Waals surface area contributed by atoms with Crippen molar-refractivity contribution in [3.8, 4) is 0 Å². The number of rotatable bonds is 4. The molecule has 2 rings (SSSR count). The molecule has 0 saturated carbocycles. The van der Waals surface area contributed by atoms with E-state index in [4.69, 9.17) is 0 Å². The van der Waals surface area contributed by atoms with Gasteiger partial charge in [0.05, 0.1) is 30.7 Å². The molecular weight excluding hydrogens is 276 g/mol.